The molecule has 4 heteroatoms. The summed E-state index contributed by atoms with van der Waals surface area (Å²) in [6.07, 6.45) is 0.450. The third-order valence-corrected chi connectivity index (χ3v) is 2.92. The molecule has 1 aliphatic rings. The second kappa shape index (κ2) is 5.58. The summed E-state index contributed by atoms with van der Waals surface area (Å²) < 4.78 is 24.8. The lowest BCUT2D eigenvalue weighted by molar-refractivity contribution is -0.0284. The van der Waals surface area contributed by atoms with Crippen LogP contribution in [0.2, 0.25) is 0 Å². The van der Waals surface area contributed by atoms with Crippen LogP contribution < -0.4 is 5.73 Å². The Balaban J connectivity index is 2.14. The molecule has 0 amide bonds. The quantitative estimate of drug-likeness (QED) is 0.874. The highest BCUT2D eigenvalue weighted by Crippen LogP contribution is 2.26. The normalized spacial score (nSPS) is 23.6. The molecule has 0 aliphatic carbocycles. The smallest absolute Gasteiger partial charge is 0.129 e. The zero-order chi connectivity index (χ0) is 12.3. The van der Waals surface area contributed by atoms with Gasteiger partial charge in [0.2, 0.25) is 0 Å². The predicted molar refractivity (Wildman–Crippen MR) is 63.1 cm³/mol. The molecule has 3 unspecified atom stereocenters. The summed E-state index contributed by atoms with van der Waals surface area (Å²) in [4.78, 5) is 0. The Morgan fingerprint density at radius 3 is 2.82 bits per heavy atom. The van der Waals surface area contributed by atoms with Gasteiger partial charge in [0, 0.05) is 18.2 Å². The first-order chi connectivity index (χ1) is 8.18. The van der Waals surface area contributed by atoms with E-state index in [1.54, 1.807) is 18.2 Å². The molecule has 1 fully saturated rings. The highest BCUT2D eigenvalue weighted by Gasteiger charge is 2.26. The van der Waals surface area contributed by atoms with Crippen molar-refractivity contribution in [2.75, 3.05) is 13.2 Å². The number of hydrogen-bond donors (Lipinski definition) is 1. The van der Waals surface area contributed by atoms with Crippen LogP contribution in [0.25, 0.3) is 0 Å². The Morgan fingerprint density at radius 1 is 1.47 bits per heavy atom. The van der Waals surface area contributed by atoms with E-state index in [1.165, 1.54) is 6.07 Å². The van der Waals surface area contributed by atoms with E-state index in [-0.39, 0.29) is 18.0 Å². The van der Waals surface area contributed by atoms with E-state index in [0.29, 0.717) is 18.8 Å². The molecule has 1 heterocycles. The number of hydrogen-bond acceptors (Lipinski definition) is 3. The third kappa shape index (κ3) is 3.03. The summed E-state index contributed by atoms with van der Waals surface area (Å²) in [7, 11) is 0. The number of rotatable bonds is 4. The topological polar surface area (TPSA) is 44.5 Å². The maximum absolute atomic E-state index is 13.7. The molecule has 1 aliphatic heterocycles. The summed E-state index contributed by atoms with van der Waals surface area (Å²) in [6.45, 7) is 3.10. The first kappa shape index (κ1) is 12.5. The van der Waals surface area contributed by atoms with E-state index in [2.05, 4.69) is 0 Å². The van der Waals surface area contributed by atoms with E-state index < -0.39 is 6.10 Å². The van der Waals surface area contributed by atoms with Gasteiger partial charge in [0.25, 0.3) is 0 Å². The molecule has 94 valence electrons. The Labute approximate surface area is 101 Å². The van der Waals surface area contributed by atoms with Crippen LogP contribution in [0.15, 0.2) is 24.3 Å². The number of benzene rings is 1. The minimum atomic E-state index is -0.414. The third-order valence-electron chi connectivity index (χ3n) is 2.92. The molecule has 3 atom stereocenters. The van der Waals surface area contributed by atoms with Gasteiger partial charge in [0.1, 0.15) is 11.9 Å². The summed E-state index contributed by atoms with van der Waals surface area (Å²) in [5.74, 6) is -0.270. The molecule has 1 aromatic rings. The monoisotopic (exact) mass is 239 g/mol. The predicted octanol–water partition coefficient (Wildman–Crippen LogP) is 2.02. The fourth-order valence-electron chi connectivity index (χ4n) is 2.01. The summed E-state index contributed by atoms with van der Waals surface area (Å²) in [5.41, 5.74) is 6.41. The van der Waals surface area contributed by atoms with E-state index in [4.69, 9.17) is 15.2 Å². The van der Waals surface area contributed by atoms with Crippen LogP contribution in [0.3, 0.4) is 0 Å². The Morgan fingerprint density at radius 2 is 2.24 bits per heavy atom. The number of ether oxygens (including phenoxy) is 2. The van der Waals surface area contributed by atoms with Crippen molar-refractivity contribution in [1.29, 1.82) is 0 Å². The van der Waals surface area contributed by atoms with Gasteiger partial charge >= 0.3 is 0 Å². The van der Waals surface area contributed by atoms with Gasteiger partial charge < -0.3 is 15.2 Å². The lowest BCUT2D eigenvalue weighted by atomic mass is 10.0. The SMILES string of the molecule is CC(N)C(OC1CCOC1)c1ccccc1F. The van der Waals surface area contributed by atoms with Gasteiger partial charge in [-0.15, -0.1) is 0 Å². The average molecular weight is 239 g/mol. The second-order valence-electron chi connectivity index (χ2n) is 4.42. The molecule has 2 rings (SSSR count). The fourth-order valence-corrected chi connectivity index (χ4v) is 2.01. The van der Waals surface area contributed by atoms with Crippen molar-refractivity contribution in [1.82, 2.24) is 0 Å². The molecule has 0 aromatic heterocycles. The lowest BCUT2D eigenvalue weighted by Crippen LogP contribution is -2.31. The Hall–Kier alpha value is -0.970. The van der Waals surface area contributed by atoms with Gasteiger partial charge in [-0.1, -0.05) is 18.2 Å². The van der Waals surface area contributed by atoms with Crippen molar-refractivity contribution in [3.05, 3.63) is 35.6 Å². The minimum Gasteiger partial charge on any atom is -0.379 e. The van der Waals surface area contributed by atoms with E-state index in [0.717, 1.165) is 6.42 Å². The summed E-state index contributed by atoms with van der Waals surface area (Å²) in [5, 5.41) is 0. The molecular weight excluding hydrogens is 221 g/mol. The molecule has 3 nitrogen and oxygen atoms in total. The van der Waals surface area contributed by atoms with Crippen molar-refractivity contribution in [2.24, 2.45) is 5.73 Å². The van der Waals surface area contributed by atoms with E-state index in [9.17, 15) is 4.39 Å². The van der Waals surface area contributed by atoms with Crippen LogP contribution >= 0.6 is 0 Å². The summed E-state index contributed by atoms with van der Waals surface area (Å²) >= 11 is 0. The number of nitrogens with two attached hydrogens (primary N) is 1. The first-order valence-electron chi connectivity index (χ1n) is 5.91. The van der Waals surface area contributed by atoms with Crippen molar-refractivity contribution in [3.63, 3.8) is 0 Å². The van der Waals surface area contributed by atoms with Crippen molar-refractivity contribution in [3.8, 4) is 0 Å². The van der Waals surface area contributed by atoms with Crippen LogP contribution in [0.4, 0.5) is 4.39 Å². The molecular formula is C13H18FNO2. The Bertz CT molecular complexity index is 364. The molecule has 0 spiro atoms. The highest BCUT2D eigenvalue weighted by molar-refractivity contribution is 5.21. The molecule has 0 saturated carbocycles. The Kier molecular flexibility index (Phi) is 4.10. The van der Waals surface area contributed by atoms with E-state index >= 15 is 0 Å². The largest absolute Gasteiger partial charge is 0.379 e. The zero-order valence-electron chi connectivity index (χ0n) is 9.93. The van der Waals surface area contributed by atoms with Gasteiger partial charge in [-0.2, -0.15) is 0 Å². The van der Waals surface area contributed by atoms with Gasteiger partial charge in [0.15, 0.2) is 0 Å². The van der Waals surface area contributed by atoms with Crippen LogP contribution in [-0.2, 0) is 9.47 Å². The average Bonchev–Trinajstić information content (AvgIpc) is 2.79. The van der Waals surface area contributed by atoms with Gasteiger partial charge in [0.05, 0.1) is 12.7 Å². The van der Waals surface area contributed by atoms with Crippen LogP contribution in [0.5, 0.6) is 0 Å². The number of halogens is 1. The van der Waals surface area contributed by atoms with Crippen LogP contribution in [0, 0.1) is 5.82 Å². The molecule has 1 saturated heterocycles. The molecule has 0 bridgehead atoms. The van der Waals surface area contributed by atoms with Gasteiger partial charge in [-0.3, -0.25) is 0 Å². The molecule has 2 N–H and O–H groups in total. The van der Waals surface area contributed by atoms with Crippen molar-refractivity contribution in [2.45, 2.75) is 31.6 Å². The lowest BCUT2D eigenvalue weighted by Gasteiger charge is -2.25. The molecule has 17 heavy (non-hydrogen) atoms. The van der Waals surface area contributed by atoms with Crippen LogP contribution in [-0.4, -0.2) is 25.4 Å². The molecule has 0 radical (unpaired) electrons. The van der Waals surface area contributed by atoms with Crippen molar-refractivity contribution >= 4 is 0 Å². The highest BCUT2D eigenvalue weighted by atomic mass is 19.1. The van der Waals surface area contributed by atoms with Gasteiger partial charge in [-0.05, 0) is 19.4 Å². The second-order valence-corrected chi connectivity index (χ2v) is 4.42. The van der Waals surface area contributed by atoms with E-state index in [1.807, 2.05) is 6.92 Å². The van der Waals surface area contributed by atoms with Crippen molar-refractivity contribution < 1.29 is 13.9 Å². The fraction of sp³-hybridized carbons (Fsp3) is 0.538. The molecule has 1 aromatic carbocycles. The maximum Gasteiger partial charge on any atom is 0.129 e. The van der Waals surface area contributed by atoms with Gasteiger partial charge in [-0.25, -0.2) is 4.39 Å². The minimum absolute atomic E-state index is 0.0191. The summed E-state index contributed by atoms with van der Waals surface area (Å²) in [6, 6.07) is 6.35. The standard InChI is InChI=1S/C13H18FNO2/c1-9(15)13(17-10-6-7-16-8-10)11-4-2-3-5-12(11)14/h2-5,9-10,13H,6-8,15H2,1H3. The first-order valence-corrected chi connectivity index (χ1v) is 5.91. The van der Waals surface area contributed by atoms with Crippen LogP contribution in [0.1, 0.15) is 25.0 Å². The maximum atomic E-state index is 13.7. The zero-order valence-corrected chi connectivity index (χ0v) is 9.93.